The lowest BCUT2D eigenvalue weighted by Gasteiger charge is -2.08. The van der Waals surface area contributed by atoms with Gasteiger partial charge in [-0.3, -0.25) is 4.79 Å². The summed E-state index contributed by atoms with van der Waals surface area (Å²) < 4.78 is 6.08. The van der Waals surface area contributed by atoms with Gasteiger partial charge in [-0.2, -0.15) is 0 Å². The monoisotopic (exact) mass is 385 g/mol. The largest absolute Gasteiger partial charge is 0.480 e. The van der Waals surface area contributed by atoms with Crippen molar-refractivity contribution in [2.75, 3.05) is 10.6 Å². The number of fused-ring (bicyclic) bond motifs is 1. The molecule has 9 heteroatoms. The molecule has 24 heavy (non-hydrogen) atoms. The predicted octanol–water partition coefficient (Wildman–Crippen LogP) is 4.69. The Hall–Kier alpha value is -1.96. The number of pyridine rings is 1. The molecule has 6 nitrogen and oxygen atoms in total. The lowest BCUT2D eigenvalue weighted by Crippen LogP contribution is -2.24. The molecule has 1 atom stereocenters. The predicted molar refractivity (Wildman–Crippen MR) is 96.4 cm³/mol. The molecule has 0 aliphatic carbocycles. The molecule has 0 bridgehead atoms. The van der Waals surface area contributed by atoms with E-state index in [-0.39, 0.29) is 0 Å². The lowest BCUT2D eigenvalue weighted by molar-refractivity contribution is -0.137. The van der Waals surface area contributed by atoms with Crippen molar-refractivity contribution in [3.63, 3.8) is 0 Å². The molecule has 3 rings (SSSR count). The number of carbonyl (C=O) groups is 1. The maximum absolute atomic E-state index is 11.0. The Balaban J connectivity index is 1.95. The first kappa shape index (κ1) is 16.9. The summed E-state index contributed by atoms with van der Waals surface area (Å²) in [5, 5.41) is 16.3. The molecular weight excluding hydrogens is 373 g/mol. The third kappa shape index (κ3) is 3.43. The van der Waals surface area contributed by atoms with Crippen LogP contribution in [0.15, 0.2) is 28.9 Å². The Kier molecular flexibility index (Phi) is 4.84. The van der Waals surface area contributed by atoms with Gasteiger partial charge in [0.15, 0.2) is 0 Å². The van der Waals surface area contributed by atoms with Crippen LogP contribution in [0.25, 0.3) is 10.2 Å². The van der Waals surface area contributed by atoms with Crippen molar-refractivity contribution in [3.05, 3.63) is 40.4 Å². The molecule has 3 aromatic heterocycles. The van der Waals surface area contributed by atoms with Gasteiger partial charge in [0.1, 0.15) is 32.5 Å². The molecule has 3 aromatic rings. The van der Waals surface area contributed by atoms with Gasteiger partial charge in [-0.05, 0) is 19.1 Å². The van der Waals surface area contributed by atoms with Gasteiger partial charge in [0.2, 0.25) is 0 Å². The highest BCUT2D eigenvalue weighted by Gasteiger charge is 2.19. The zero-order chi connectivity index (χ0) is 17.3. The zero-order valence-corrected chi connectivity index (χ0v) is 14.8. The van der Waals surface area contributed by atoms with Crippen molar-refractivity contribution in [1.29, 1.82) is 0 Å². The summed E-state index contributed by atoms with van der Waals surface area (Å²) in [5.74, 6) is -0.192. The Morgan fingerprint density at radius 1 is 1.50 bits per heavy atom. The molecule has 0 aliphatic heterocycles. The van der Waals surface area contributed by atoms with Crippen LogP contribution >= 0.6 is 34.5 Å². The van der Waals surface area contributed by atoms with E-state index in [9.17, 15) is 4.79 Å². The Labute approximate surface area is 151 Å². The normalized spacial score (nSPS) is 12.3. The number of nitrogens with zero attached hydrogens (tertiary/aromatic N) is 1. The van der Waals surface area contributed by atoms with Gasteiger partial charge >= 0.3 is 5.97 Å². The van der Waals surface area contributed by atoms with Crippen LogP contribution in [0, 0.1) is 0 Å². The quantitative estimate of drug-likeness (QED) is 0.533. The maximum atomic E-state index is 11.0. The standard InChI is InChI=1S/C15H13Cl2N3O3S/c1-7(15(21)22)19-14-11(17)12-13(24-14)9(5-10(16)20-12)18-6-8-3-2-4-23-8/h2-5,7,19H,6H2,1H3,(H,18,20)(H,21,22)/t7-/m1/s1. The minimum absolute atomic E-state index is 0.293. The Morgan fingerprint density at radius 2 is 2.29 bits per heavy atom. The molecule has 3 N–H and O–H groups in total. The molecule has 0 aromatic carbocycles. The van der Waals surface area contributed by atoms with E-state index in [0.29, 0.717) is 27.2 Å². The number of nitrogens with one attached hydrogen (secondary N) is 2. The number of halogens is 2. The summed E-state index contributed by atoms with van der Waals surface area (Å²) in [6.45, 7) is 2.02. The van der Waals surface area contributed by atoms with Gasteiger partial charge in [-0.25, -0.2) is 4.98 Å². The summed E-state index contributed by atoms with van der Waals surface area (Å²) in [4.78, 5) is 15.3. The second-order valence-corrected chi connectivity index (χ2v) is 6.84. The van der Waals surface area contributed by atoms with Crippen molar-refractivity contribution >= 4 is 61.4 Å². The van der Waals surface area contributed by atoms with E-state index < -0.39 is 12.0 Å². The van der Waals surface area contributed by atoms with Crippen LogP contribution in [0.1, 0.15) is 12.7 Å². The number of carboxylic acids is 1. The summed E-state index contributed by atoms with van der Waals surface area (Å²) in [6, 6.07) is 4.59. The fraction of sp³-hybridized carbons (Fsp3) is 0.200. The molecule has 0 unspecified atom stereocenters. The van der Waals surface area contributed by atoms with Crippen LogP contribution < -0.4 is 10.6 Å². The van der Waals surface area contributed by atoms with Crippen LogP contribution in [-0.4, -0.2) is 22.1 Å². The lowest BCUT2D eigenvalue weighted by atomic mass is 10.3. The van der Waals surface area contributed by atoms with E-state index in [4.69, 9.17) is 32.7 Å². The first-order valence-corrected chi connectivity index (χ1v) is 8.57. The van der Waals surface area contributed by atoms with Crippen LogP contribution in [0.3, 0.4) is 0 Å². The fourth-order valence-corrected chi connectivity index (χ4v) is 3.75. The number of furan rings is 1. The maximum Gasteiger partial charge on any atom is 0.325 e. The minimum Gasteiger partial charge on any atom is -0.480 e. The number of hydrogen-bond acceptors (Lipinski definition) is 6. The number of thiophene rings is 1. The van der Waals surface area contributed by atoms with Crippen molar-refractivity contribution < 1.29 is 14.3 Å². The van der Waals surface area contributed by atoms with E-state index in [2.05, 4.69) is 15.6 Å². The average molecular weight is 386 g/mol. The summed E-state index contributed by atoms with van der Waals surface area (Å²) in [5.41, 5.74) is 1.28. The molecule has 3 heterocycles. The van der Waals surface area contributed by atoms with Gasteiger partial charge in [0, 0.05) is 6.07 Å². The van der Waals surface area contributed by atoms with Crippen LogP contribution in [0.2, 0.25) is 10.2 Å². The van der Waals surface area contributed by atoms with Crippen molar-refractivity contribution in [2.24, 2.45) is 0 Å². The number of aromatic nitrogens is 1. The number of rotatable bonds is 6. The molecule has 0 spiro atoms. The van der Waals surface area contributed by atoms with Crippen molar-refractivity contribution in [1.82, 2.24) is 4.98 Å². The third-order valence-electron chi connectivity index (χ3n) is 3.30. The van der Waals surface area contributed by atoms with E-state index in [1.54, 1.807) is 19.3 Å². The average Bonchev–Trinajstić information content (AvgIpc) is 3.15. The molecule has 0 amide bonds. The minimum atomic E-state index is -0.967. The smallest absolute Gasteiger partial charge is 0.325 e. The number of aliphatic carboxylic acids is 1. The number of hydrogen-bond donors (Lipinski definition) is 3. The van der Waals surface area contributed by atoms with Gasteiger partial charge in [0.05, 0.1) is 23.2 Å². The number of anilines is 2. The summed E-state index contributed by atoms with van der Waals surface area (Å²) in [6.07, 6.45) is 1.60. The van der Waals surface area contributed by atoms with Gasteiger partial charge in [-0.15, -0.1) is 11.3 Å². The second kappa shape index (κ2) is 6.88. The highest BCUT2D eigenvalue weighted by Crippen LogP contribution is 2.43. The fourth-order valence-electron chi connectivity index (χ4n) is 2.09. The van der Waals surface area contributed by atoms with E-state index >= 15 is 0 Å². The van der Waals surface area contributed by atoms with Gasteiger partial charge in [-0.1, -0.05) is 23.2 Å². The van der Waals surface area contributed by atoms with Crippen LogP contribution in [-0.2, 0) is 11.3 Å². The van der Waals surface area contributed by atoms with Crippen LogP contribution in [0.5, 0.6) is 0 Å². The molecule has 0 radical (unpaired) electrons. The van der Waals surface area contributed by atoms with E-state index in [1.165, 1.54) is 11.3 Å². The highest BCUT2D eigenvalue weighted by molar-refractivity contribution is 7.24. The molecule has 0 aliphatic rings. The zero-order valence-electron chi connectivity index (χ0n) is 12.5. The molecule has 0 saturated carbocycles. The summed E-state index contributed by atoms with van der Waals surface area (Å²) in [7, 11) is 0. The van der Waals surface area contributed by atoms with Crippen molar-refractivity contribution in [2.45, 2.75) is 19.5 Å². The van der Waals surface area contributed by atoms with Crippen molar-refractivity contribution in [3.8, 4) is 0 Å². The Morgan fingerprint density at radius 3 is 2.96 bits per heavy atom. The van der Waals surface area contributed by atoms with Crippen LogP contribution in [0.4, 0.5) is 10.7 Å². The summed E-state index contributed by atoms with van der Waals surface area (Å²) >= 11 is 13.7. The number of carboxylic acid groups (broad SMARTS) is 1. The highest BCUT2D eigenvalue weighted by atomic mass is 35.5. The molecular formula is C15H13Cl2N3O3S. The Bertz CT molecular complexity index is 880. The molecule has 0 saturated heterocycles. The molecule has 0 fully saturated rings. The SMILES string of the molecule is C[C@@H](Nc1sc2c(NCc3ccco3)cc(Cl)nc2c1Cl)C(=O)O. The van der Waals surface area contributed by atoms with Gasteiger partial charge in [0.25, 0.3) is 0 Å². The molecule has 126 valence electrons. The van der Waals surface area contributed by atoms with Gasteiger partial charge < -0.3 is 20.2 Å². The first-order valence-electron chi connectivity index (χ1n) is 7.00. The van der Waals surface area contributed by atoms with E-state index in [0.717, 1.165) is 16.1 Å². The topological polar surface area (TPSA) is 87.4 Å². The van der Waals surface area contributed by atoms with E-state index in [1.807, 2.05) is 12.1 Å². The third-order valence-corrected chi connectivity index (χ3v) is 5.12. The first-order chi connectivity index (χ1) is 11.5. The second-order valence-electron chi connectivity index (χ2n) is 5.05.